The second-order valence-corrected chi connectivity index (χ2v) is 7.65. The molecule has 0 aliphatic carbocycles. The average Bonchev–Trinajstić information content (AvgIpc) is 3.05. The molecule has 1 aliphatic rings. The molecule has 30 heavy (non-hydrogen) atoms. The number of aryl methyl sites for hydroxylation is 1. The third-order valence-corrected chi connectivity index (χ3v) is 5.70. The molecule has 2 N–H and O–H groups in total. The Balaban J connectivity index is 1.57. The summed E-state index contributed by atoms with van der Waals surface area (Å²) in [5.74, 6) is -1.95. The second kappa shape index (κ2) is 8.25. The van der Waals surface area contributed by atoms with Crippen LogP contribution in [0.15, 0.2) is 48.9 Å². The van der Waals surface area contributed by atoms with Crippen molar-refractivity contribution in [2.24, 2.45) is 7.05 Å². The number of fused-ring (bicyclic) bond motifs is 1. The molecule has 0 unspecified atom stereocenters. The number of hydrogen-bond donors (Lipinski definition) is 2. The van der Waals surface area contributed by atoms with Crippen LogP contribution in [0.3, 0.4) is 0 Å². The molecule has 2 aromatic heterocycles. The number of carbonyl (C=O) groups is 2. The maximum atomic E-state index is 12.3. The minimum Gasteiger partial charge on any atom is -0.480 e. The summed E-state index contributed by atoms with van der Waals surface area (Å²) in [5.41, 5.74) is 2.73. The SMILES string of the molecule is Cn1cc([C@@H](C(=O)O)N2CCN(Cc3cccnc3)CC2)c2cc(C(=O)O)ccc21. The highest BCUT2D eigenvalue weighted by Gasteiger charge is 2.32. The van der Waals surface area contributed by atoms with Crippen molar-refractivity contribution in [2.45, 2.75) is 12.6 Å². The van der Waals surface area contributed by atoms with Crippen LogP contribution in [0.5, 0.6) is 0 Å². The van der Waals surface area contributed by atoms with Crippen molar-refractivity contribution in [3.63, 3.8) is 0 Å². The largest absolute Gasteiger partial charge is 0.480 e. The fourth-order valence-electron chi connectivity index (χ4n) is 4.19. The second-order valence-electron chi connectivity index (χ2n) is 7.65. The maximum Gasteiger partial charge on any atom is 0.335 e. The summed E-state index contributed by atoms with van der Waals surface area (Å²) >= 11 is 0. The van der Waals surface area contributed by atoms with Crippen LogP contribution in [0.25, 0.3) is 10.9 Å². The first-order valence-electron chi connectivity index (χ1n) is 9.84. The van der Waals surface area contributed by atoms with E-state index in [0.29, 0.717) is 24.0 Å². The molecule has 1 fully saturated rings. The van der Waals surface area contributed by atoms with E-state index < -0.39 is 18.0 Å². The maximum absolute atomic E-state index is 12.3. The number of benzene rings is 1. The van der Waals surface area contributed by atoms with Crippen molar-refractivity contribution in [3.05, 3.63) is 65.6 Å². The van der Waals surface area contributed by atoms with Crippen molar-refractivity contribution in [2.75, 3.05) is 26.2 Å². The quantitative estimate of drug-likeness (QED) is 0.645. The Kier molecular flexibility index (Phi) is 5.52. The normalized spacial score (nSPS) is 16.6. The van der Waals surface area contributed by atoms with E-state index in [4.69, 9.17) is 0 Å². The van der Waals surface area contributed by atoms with Gasteiger partial charge < -0.3 is 14.8 Å². The highest BCUT2D eigenvalue weighted by atomic mass is 16.4. The van der Waals surface area contributed by atoms with Crippen LogP contribution in [-0.4, -0.2) is 67.7 Å². The van der Waals surface area contributed by atoms with Gasteiger partial charge in [-0.15, -0.1) is 0 Å². The molecule has 8 nitrogen and oxygen atoms in total. The van der Waals surface area contributed by atoms with Crippen molar-refractivity contribution in [1.82, 2.24) is 19.4 Å². The van der Waals surface area contributed by atoms with Gasteiger partial charge in [-0.1, -0.05) is 6.07 Å². The lowest BCUT2D eigenvalue weighted by atomic mass is 10.0. The molecule has 0 radical (unpaired) electrons. The molecule has 1 aliphatic heterocycles. The fourth-order valence-corrected chi connectivity index (χ4v) is 4.19. The van der Waals surface area contributed by atoms with Crippen LogP contribution in [0.4, 0.5) is 0 Å². The number of hydrogen-bond acceptors (Lipinski definition) is 5. The van der Waals surface area contributed by atoms with Crippen molar-refractivity contribution < 1.29 is 19.8 Å². The molecule has 1 atom stereocenters. The Hall–Kier alpha value is -3.23. The van der Waals surface area contributed by atoms with Gasteiger partial charge in [0.2, 0.25) is 0 Å². The van der Waals surface area contributed by atoms with Crippen LogP contribution in [0.2, 0.25) is 0 Å². The summed E-state index contributed by atoms with van der Waals surface area (Å²) < 4.78 is 1.85. The number of aromatic nitrogens is 2. The van der Waals surface area contributed by atoms with Crippen LogP contribution < -0.4 is 0 Å². The van der Waals surface area contributed by atoms with Gasteiger partial charge in [-0.3, -0.25) is 19.6 Å². The zero-order chi connectivity index (χ0) is 21.3. The van der Waals surface area contributed by atoms with E-state index in [1.165, 1.54) is 0 Å². The highest BCUT2D eigenvalue weighted by molar-refractivity contribution is 5.96. The molecule has 1 aromatic carbocycles. The Morgan fingerprint density at radius 1 is 1.13 bits per heavy atom. The molecular weight excluding hydrogens is 384 g/mol. The molecule has 1 saturated heterocycles. The van der Waals surface area contributed by atoms with E-state index in [0.717, 1.165) is 30.7 Å². The summed E-state index contributed by atoms with van der Waals surface area (Å²) in [6.07, 6.45) is 5.40. The summed E-state index contributed by atoms with van der Waals surface area (Å²) in [7, 11) is 1.84. The average molecular weight is 408 g/mol. The van der Waals surface area contributed by atoms with Gasteiger partial charge in [-0.25, -0.2) is 4.79 Å². The standard InChI is InChI=1S/C22H24N4O4/c1-24-14-18(17-11-16(21(27)28)4-5-19(17)24)20(22(29)30)26-9-7-25(8-10-26)13-15-3-2-6-23-12-15/h2-6,11-12,14,20H,7-10,13H2,1H3,(H,27,28)(H,29,30)/t20-/m0/s1. The molecule has 4 rings (SSSR count). The molecule has 156 valence electrons. The Labute approximate surface area is 174 Å². The number of carboxylic acid groups (broad SMARTS) is 2. The van der Waals surface area contributed by atoms with Gasteiger partial charge in [0.05, 0.1) is 5.56 Å². The summed E-state index contributed by atoms with van der Waals surface area (Å²) in [6.45, 7) is 3.53. The number of pyridine rings is 1. The molecule has 3 aromatic rings. The molecule has 0 saturated carbocycles. The van der Waals surface area contributed by atoms with Crippen molar-refractivity contribution in [3.8, 4) is 0 Å². The van der Waals surface area contributed by atoms with E-state index in [-0.39, 0.29) is 5.56 Å². The third-order valence-electron chi connectivity index (χ3n) is 5.70. The number of nitrogens with zero attached hydrogens (tertiary/aromatic N) is 4. The summed E-state index contributed by atoms with van der Waals surface area (Å²) in [6, 6.07) is 7.97. The number of carboxylic acids is 2. The van der Waals surface area contributed by atoms with Gasteiger partial charge in [-0.2, -0.15) is 0 Å². The van der Waals surface area contributed by atoms with Gasteiger partial charge in [0.1, 0.15) is 6.04 Å². The zero-order valence-corrected chi connectivity index (χ0v) is 16.7. The monoisotopic (exact) mass is 408 g/mol. The topological polar surface area (TPSA) is 98.9 Å². The predicted molar refractivity (Wildman–Crippen MR) is 111 cm³/mol. The minimum atomic E-state index is -1.03. The summed E-state index contributed by atoms with van der Waals surface area (Å²) in [4.78, 5) is 32.1. The predicted octanol–water partition coefficient (Wildman–Crippen LogP) is 2.21. The zero-order valence-electron chi connectivity index (χ0n) is 16.7. The van der Waals surface area contributed by atoms with Gasteiger partial charge in [-0.05, 0) is 29.8 Å². The van der Waals surface area contributed by atoms with Crippen LogP contribution in [-0.2, 0) is 18.4 Å². The van der Waals surface area contributed by atoms with Crippen molar-refractivity contribution in [1.29, 1.82) is 0 Å². The first-order chi connectivity index (χ1) is 14.4. The molecule has 8 heteroatoms. The molecular formula is C22H24N4O4. The lowest BCUT2D eigenvalue weighted by Gasteiger charge is -2.37. The third kappa shape index (κ3) is 3.92. The Morgan fingerprint density at radius 3 is 2.53 bits per heavy atom. The minimum absolute atomic E-state index is 0.153. The Bertz CT molecular complexity index is 1070. The van der Waals surface area contributed by atoms with Crippen LogP contribution in [0, 0.1) is 0 Å². The fraction of sp³-hybridized carbons (Fsp3) is 0.318. The van der Waals surface area contributed by atoms with E-state index in [1.807, 2.05) is 34.8 Å². The number of aromatic carboxylic acids is 1. The first kappa shape index (κ1) is 20.1. The van der Waals surface area contributed by atoms with Gasteiger partial charge in [0.15, 0.2) is 0 Å². The van der Waals surface area contributed by atoms with E-state index >= 15 is 0 Å². The number of aliphatic carboxylic acids is 1. The molecule has 0 bridgehead atoms. The van der Waals surface area contributed by atoms with Crippen molar-refractivity contribution >= 4 is 22.8 Å². The Morgan fingerprint density at radius 2 is 1.90 bits per heavy atom. The number of rotatable bonds is 6. The van der Waals surface area contributed by atoms with E-state index in [1.54, 1.807) is 30.6 Å². The highest BCUT2D eigenvalue weighted by Crippen LogP contribution is 2.31. The molecule has 3 heterocycles. The molecule has 0 spiro atoms. The van der Waals surface area contributed by atoms with Gasteiger partial charge in [0, 0.05) is 74.8 Å². The summed E-state index contributed by atoms with van der Waals surface area (Å²) in [5, 5.41) is 20.1. The van der Waals surface area contributed by atoms with Crippen LogP contribution in [0.1, 0.15) is 27.5 Å². The van der Waals surface area contributed by atoms with Crippen LogP contribution >= 0.6 is 0 Å². The van der Waals surface area contributed by atoms with E-state index in [9.17, 15) is 19.8 Å². The lowest BCUT2D eigenvalue weighted by Crippen LogP contribution is -2.48. The first-order valence-corrected chi connectivity index (χ1v) is 9.84. The lowest BCUT2D eigenvalue weighted by molar-refractivity contribution is -0.144. The van der Waals surface area contributed by atoms with E-state index in [2.05, 4.69) is 9.88 Å². The van der Waals surface area contributed by atoms with Gasteiger partial charge in [0.25, 0.3) is 0 Å². The smallest absolute Gasteiger partial charge is 0.335 e. The van der Waals surface area contributed by atoms with Gasteiger partial charge >= 0.3 is 11.9 Å². The molecule has 0 amide bonds. The number of piperazine rings is 1.